The molecule has 0 aromatic heterocycles. The van der Waals surface area contributed by atoms with E-state index >= 15 is 0 Å². The van der Waals surface area contributed by atoms with E-state index < -0.39 is 11.9 Å². The summed E-state index contributed by atoms with van der Waals surface area (Å²) in [5.74, 6) is 0.910. The third-order valence-electron chi connectivity index (χ3n) is 5.27. The van der Waals surface area contributed by atoms with Gasteiger partial charge in [-0.25, -0.2) is 10.2 Å². The minimum absolute atomic E-state index is 0.257. The first-order valence-corrected chi connectivity index (χ1v) is 11.0. The van der Waals surface area contributed by atoms with Crippen molar-refractivity contribution in [1.82, 2.24) is 5.43 Å². The average molecular weight is 485 g/mol. The molecule has 4 aromatic carbocycles. The molecule has 0 saturated heterocycles. The second-order valence-corrected chi connectivity index (χ2v) is 7.55. The van der Waals surface area contributed by atoms with Crippen LogP contribution >= 0.6 is 0 Å². The van der Waals surface area contributed by atoms with E-state index in [0.29, 0.717) is 34.1 Å². The fourth-order valence-electron chi connectivity index (χ4n) is 3.47. The molecule has 0 radical (unpaired) electrons. The molecule has 0 saturated carbocycles. The largest absolute Gasteiger partial charge is 0.497 e. The van der Waals surface area contributed by atoms with E-state index in [9.17, 15) is 9.59 Å². The lowest BCUT2D eigenvalue weighted by atomic mass is 10.0. The Morgan fingerprint density at radius 2 is 1.53 bits per heavy atom. The van der Waals surface area contributed by atoms with Gasteiger partial charge in [-0.15, -0.1) is 0 Å². The number of fused-ring (bicyclic) bond motifs is 1. The third kappa shape index (κ3) is 5.79. The van der Waals surface area contributed by atoms with Gasteiger partial charge in [-0.05, 0) is 53.2 Å². The van der Waals surface area contributed by atoms with Crippen LogP contribution in [0.2, 0.25) is 0 Å². The number of para-hydroxylation sites is 2. The van der Waals surface area contributed by atoms with Gasteiger partial charge in [-0.1, -0.05) is 42.5 Å². The number of esters is 1. The topological polar surface area (TPSA) is 95.5 Å². The fourth-order valence-corrected chi connectivity index (χ4v) is 3.47. The van der Waals surface area contributed by atoms with Gasteiger partial charge < -0.3 is 18.9 Å². The summed E-state index contributed by atoms with van der Waals surface area (Å²) in [6.07, 6.45) is 1.44. The number of hydrogen-bond acceptors (Lipinski definition) is 7. The molecule has 0 atom stereocenters. The third-order valence-corrected chi connectivity index (χ3v) is 5.27. The molecule has 1 amide bonds. The van der Waals surface area contributed by atoms with Crippen LogP contribution in [0.25, 0.3) is 10.8 Å². The Morgan fingerprint density at radius 3 is 2.28 bits per heavy atom. The first-order chi connectivity index (χ1) is 17.6. The number of rotatable bonds is 9. The summed E-state index contributed by atoms with van der Waals surface area (Å²) in [4.78, 5) is 25.0. The lowest BCUT2D eigenvalue weighted by molar-refractivity contribution is -0.123. The van der Waals surface area contributed by atoms with Crippen LogP contribution in [-0.4, -0.2) is 38.9 Å². The van der Waals surface area contributed by atoms with Gasteiger partial charge in [-0.2, -0.15) is 5.10 Å². The molecule has 0 spiro atoms. The number of carbonyl (C=O) groups excluding carboxylic acids is 2. The maximum atomic E-state index is 12.8. The van der Waals surface area contributed by atoms with Crippen molar-refractivity contribution < 1.29 is 28.5 Å². The van der Waals surface area contributed by atoms with Crippen molar-refractivity contribution in [2.24, 2.45) is 5.10 Å². The van der Waals surface area contributed by atoms with Crippen LogP contribution in [0, 0.1) is 0 Å². The standard InChI is InChI=1S/C28H24N2O6/c1-33-21-14-11-20(12-15-21)28(32)36-24-16-13-19-7-3-4-8-22(19)23(24)17-29-30-27(31)18-35-26-10-6-5-9-25(26)34-2/h3-17H,18H2,1-2H3,(H,30,31)/b29-17+. The number of benzene rings is 4. The van der Waals surface area contributed by atoms with E-state index in [1.807, 2.05) is 30.3 Å². The van der Waals surface area contributed by atoms with Crippen molar-refractivity contribution in [3.05, 3.63) is 96.1 Å². The Labute approximate surface area is 208 Å². The van der Waals surface area contributed by atoms with Gasteiger partial charge in [0, 0.05) is 5.56 Å². The molecule has 0 heterocycles. The second kappa shape index (κ2) is 11.5. The molecule has 8 heteroatoms. The molecule has 0 aliphatic heterocycles. The molecular formula is C28H24N2O6. The van der Waals surface area contributed by atoms with Crippen LogP contribution in [0.1, 0.15) is 15.9 Å². The van der Waals surface area contributed by atoms with Crippen LogP contribution in [0.3, 0.4) is 0 Å². The van der Waals surface area contributed by atoms with Gasteiger partial charge in [-0.3, -0.25) is 4.79 Å². The average Bonchev–Trinajstić information content (AvgIpc) is 2.93. The molecule has 8 nitrogen and oxygen atoms in total. The van der Waals surface area contributed by atoms with Gasteiger partial charge in [0.1, 0.15) is 11.5 Å². The minimum atomic E-state index is -0.531. The zero-order chi connectivity index (χ0) is 25.3. The Hall–Kier alpha value is -4.85. The Morgan fingerprint density at radius 1 is 0.806 bits per heavy atom. The molecule has 0 fully saturated rings. The number of carbonyl (C=O) groups is 2. The number of nitrogens with one attached hydrogen (secondary N) is 1. The van der Waals surface area contributed by atoms with Gasteiger partial charge in [0.2, 0.25) is 0 Å². The van der Waals surface area contributed by atoms with E-state index in [-0.39, 0.29) is 6.61 Å². The summed E-state index contributed by atoms with van der Waals surface area (Å²) in [5.41, 5.74) is 3.35. The summed E-state index contributed by atoms with van der Waals surface area (Å²) in [7, 11) is 3.08. The highest BCUT2D eigenvalue weighted by atomic mass is 16.5. The molecule has 36 heavy (non-hydrogen) atoms. The lowest BCUT2D eigenvalue weighted by Gasteiger charge is -2.11. The van der Waals surface area contributed by atoms with Crippen molar-refractivity contribution in [3.8, 4) is 23.0 Å². The van der Waals surface area contributed by atoms with E-state index in [1.54, 1.807) is 61.7 Å². The summed E-state index contributed by atoms with van der Waals surface area (Å²) < 4.78 is 21.5. The Bertz CT molecular complexity index is 1400. The summed E-state index contributed by atoms with van der Waals surface area (Å²) in [6.45, 7) is -0.257. The predicted octanol–water partition coefficient (Wildman–Crippen LogP) is 4.61. The first-order valence-electron chi connectivity index (χ1n) is 11.0. The van der Waals surface area contributed by atoms with Crippen molar-refractivity contribution in [3.63, 3.8) is 0 Å². The molecule has 0 aliphatic carbocycles. The van der Waals surface area contributed by atoms with E-state index in [1.165, 1.54) is 13.3 Å². The molecule has 0 bridgehead atoms. The first kappa shape index (κ1) is 24.3. The normalized spacial score (nSPS) is 10.7. The van der Waals surface area contributed by atoms with Gasteiger partial charge in [0.25, 0.3) is 5.91 Å². The van der Waals surface area contributed by atoms with Crippen molar-refractivity contribution in [2.75, 3.05) is 20.8 Å². The monoisotopic (exact) mass is 484 g/mol. The van der Waals surface area contributed by atoms with E-state index in [4.69, 9.17) is 18.9 Å². The van der Waals surface area contributed by atoms with E-state index in [2.05, 4.69) is 10.5 Å². The Kier molecular flexibility index (Phi) is 7.77. The summed E-state index contributed by atoms with van der Waals surface area (Å²) in [6, 6.07) is 24.8. The van der Waals surface area contributed by atoms with Crippen LogP contribution in [-0.2, 0) is 4.79 Å². The zero-order valence-corrected chi connectivity index (χ0v) is 19.8. The molecule has 1 N–H and O–H groups in total. The fraction of sp³-hybridized carbons (Fsp3) is 0.107. The molecule has 0 unspecified atom stereocenters. The zero-order valence-electron chi connectivity index (χ0n) is 19.8. The number of ether oxygens (including phenoxy) is 4. The Balaban J connectivity index is 1.50. The minimum Gasteiger partial charge on any atom is -0.497 e. The van der Waals surface area contributed by atoms with E-state index in [0.717, 1.165) is 10.8 Å². The molecule has 182 valence electrons. The maximum Gasteiger partial charge on any atom is 0.343 e. The number of amides is 1. The predicted molar refractivity (Wildman–Crippen MR) is 136 cm³/mol. The molecule has 4 aromatic rings. The molecule has 4 rings (SSSR count). The van der Waals surface area contributed by atoms with Gasteiger partial charge in [0.05, 0.1) is 26.0 Å². The second-order valence-electron chi connectivity index (χ2n) is 7.55. The van der Waals surface area contributed by atoms with Crippen molar-refractivity contribution in [1.29, 1.82) is 0 Å². The summed E-state index contributed by atoms with van der Waals surface area (Å²) >= 11 is 0. The number of hydrogen-bond donors (Lipinski definition) is 1. The quantitative estimate of drug-likeness (QED) is 0.161. The summed E-state index contributed by atoms with van der Waals surface area (Å²) in [5, 5.41) is 5.80. The van der Waals surface area contributed by atoms with Crippen LogP contribution < -0.4 is 24.4 Å². The molecular weight excluding hydrogens is 460 g/mol. The van der Waals surface area contributed by atoms with Crippen LogP contribution in [0.15, 0.2) is 90.0 Å². The van der Waals surface area contributed by atoms with Gasteiger partial charge >= 0.3 is 5.97 Å². The smallest absolute Gasteiger partial charge is 0.343 e. The highest BCUT2D eigenvalue weighted by molar-refractivity contribution is 6.04. The number of nitrogens with zero attached hydrogens (tertiary/aromatic N) is 1. The maximum absolute atomic E-state index is 12.8. The molecule has 0 aliphatic rings. The highest BCUT2D eigenvalue weighted by Crippen LogP contribution is 2.28. The SMILES string of the molecule is COc1ccc(C(=O)Oc2ccc3ccccc3c2/C=N/NC(=O)COc2ccccc2OC)cc1. The van der Waals surface area contributed by atoms with Crippen LogP contribution in [0.4, 0.5) is 0 Å². The highest BCUT2D eigenvalue weighted by Gasteiger charge is 2.14. The van der Waals surface area contributed by atoms with Crippen molar-refractivity contribution >= 4 is 28.9 Å². The number of methoxy groups -OCH3 is 2. The van der Waals surface area contributed by atoms with Gasteiger partial charge in [0.15, 0.2) is 18.1 Å². The number of hydrazone groups is 1. The van der Waals surface area contributed by atoms with Crippen molar-refractivity contribution in [2.45, 2.75) is 0 Å². The lowest BCUT2D eigenvalue weighted by Crippen LogP contribution is -2.24. The van der Waals surface area contributed by atoms with Crippen LogP contribution in [0.5, 0.6) is 23.0 Å².